The van der Waals surface area contributed by atoms with E-state index in [0.29, 0.717) is 0 Å². The highest BCUT2D eigenvalue weighted by Crippen LogP contribution is 2.47. The molecule has 1 N–H and O–H groups in total. The largest absolute Gasteiger partial charge is 0.355 e. The SMILES string of the molecule is c1ccc(Nc2cc(-c3cccc4c3sc3ccccc34)cc(N(c3ccccc3)c3cccc4c3c3ccccc3n4-c3ccccc3)c2)cc1. The molecule has 8 aromatic carbocycles. The minimum atomic E-state index is 1.02. The summed E-state index contributed by atoms with van der Waals surface area (Å²) >= 11 is 1.87. The number of rotatable bonds is 7. The molecular weight excluding hydrogens is 651 g/mol. The zero-order valence-electron chi connectivity index (χ0n) is 28.3. The van der Waals surface area contributed by atoms with Gasteiger partial charge in [0.05, 0.1) is 16.7 Å². The summed E-state index contributed by atoms with van der Waals surface area (Å²) < 4.78 is 4.99. The van der Waals surface area contributed by atoms with E-state index < -0.39 is 0 Å². The van der Waals surface area contributed by atoms with Crippen molar-refractivity contribution in [3.63, 3.8) is 0 Å². The summed E-state index contributed by atoms with van der Waals surface area (Å²) in [5.41, 5.74) is 11.2. The van der Waals surface area contributed by atoms with Gasteiger partial charge in [-0.25, -0.2) is 0 Å². The molecule has 0 atom stereocenters. The Morgan fingerprint density at radius 1 is 0.462 bits per heavy atom. The second kappa shape index (κ2) is 12.6. The van der Waals surface area contributed by atoms with E-state index in [2.05, 4.69) is 209 Å². The summed E-state index contributed by atoms with van der Waals surface area (Å²) in [5, 5.41) is 8.77. The molecule has 0 spiro atoms. The Balaban J connectivity index is 1.26. The summed E-state index contributed by atoms with van der Waals surface area (Å²) in [6.07, 6.45) is 0. The second-order valence-electron chi connectivity index (χ2n) is 13.1. The third-order valence-electron chi connectivity index (χ3n) is 9.90. The van der Waals surface area contributed by atoms with Gasteiger partial charge in [-0.15, -0.1) is 11.3 Å². The zero-order valence-corrected chi connectivity index (χ0v) is 29.1. The Hall–Kier alpha value is -6.62. The number of hydrogen-bond acceptors (Lipinski definition) is 3. The molecule has 2 aromatic heterocycles. The lowest BCUT2D eigenvalue weighted by molar-refractivity contribution is 1.18. The number of fused-ring (bicyclic) bond motifs is 6. The molecule has 0 fully saturated rings. The minimum Gasteiger partial charge on any atom is -0.355 e. The molecule has 10 aromatic rings. The molecule has 0 unspecified atom stereocenters. The van der Waals surface area contributed by atoms with Crippen LogP contribution in [0.3, 0.4) is 0 Å². The van der Waals surface area contributed by atoms with Crippen LogP contribution in [0.15, 0.2) is 194 Å². The Kier molecular flexibility index (Phi) is 7.33. The van der Waals surface area contributed by atoms with Crippen LogP contribution < -0.4 is 10.2 Å². The van der Waals surface area contributed by atoms with Crippen molar-refractivity contribution in [1.29, 1.82) is 0 Å². The highest BCUT2D eigenvalue weighted by atomic mass is 32.1. The van der Waals surface area contributed by atoms with Crippen molar-refractivity contribution < 1.29 is 0 Å². The average Bonchev–Trinajstić information content (AvgIpc) is 3.76. The van der Waals surface area contributed by atoms with Gasteiger partial charge in [0, 0.05) is 59.4 Å². The maximum Gasteiger partial charge on any atom is 0.0562 e. The van der Waals surface area contributed by atoms with Crippen molar-refractivity contribution >= 4 is 81.8 Å². The molecule has 4 heteroatoms. The summed E-state index contributed by atoms with van der Waals surface area (Å²) in [7, 11) is 0. The number of para-hydroxylation sites is 4. The van der Waals surface area contributed by atoms with Crippen LogP contribution in [0.4, 0.5) is 28.4 Å². The van der Waals surface area contributed by atoms with Crippen LogP contribution in [-0.2, 0) is 0 Å². The lowest BCUT2D eigenvalue weighted by Crippen LogP contribution is -2.11. The molecule has 0 radical (unpaired) electrons. The Morgan fingerprint density at radius 3 is 1.94 bits per heavy atom. The molecule has 0 bridgehead atoms. The molecule has 0 aliphatic carbocycles. The van der Waals surface area contributed by atoms with Crippen LogP contribution in [0.25, 0.3) is 58.8 Å². The topological polar surface area (TPSA) is 20.2 Å². The van der Waals surface area contributed by atoms with Gasteiger partial charge in [-0.05, 0) is 90.0 Å². The first-order valence-electron chi connectivity index (χ1n) is 17.6. The van der Waals surface area contributed by atoms with Crippen molar-refractivity contribution in [3.05, 3.63) is 194 Å². The fraction of sp³-hybridized carbons (Fsp3) is 0. The highest BCUT2D eigenvalue weighted by molar-refractivity contribution is 7.26. The van der Waals surface area contributed by atoms with Gasteiger partial charge >= 0.3 is 0 Å². The maximum absolute atomic E-state index is 3.75. The van der Waals surface area contributed by atoms with Crippen molar-refractivity contribution in [2.75, 3.05) is 10.2 Å². The fourth-order valence-corrected chi connectivity index (χ4v) is 8.92. The number of anilines is 5. The van der Waals surface area contributed by atoms with Gasteiger partial charge in [0.15, 0.2) is 0 Å². The molecule has 2 heterocycles. The molecule has 0 saturated carbocycles. The molecule has 0 amide bonds. The van der Waals surface area contributed by atoms with Crippen molar-refractivity contribution in [1.82, 2.24) is 4.57 Å². The summed E-state index contributed by atoms with van der Waals surface area (Å²) in [4.78, 5) is 2.43. The Morgan fingerprint density at radius 2 is 1.12 bits per heavy atom. The van der Waals surface area contributed by atoms with Crippen LogP contribution in [0.1, 0.15) is 0 Å². The third-order valence-corrected chi connectivity index (χ3v) is 11.1. The van der Waals surface area contributed by atoms with Gasteiger partial charge < -0.3 is 14.8 Å². The standard InChI is InChI=1S/C48H33N3S/c1-4-16-34(17-5-1)49-35-30-33(39-24-14-25-41-40-22-11-13-29-46(40)52-48(39)41)31-38(32-35)50(36-18-6-2-7-19-36)44-27-15-28-45-47(44)42-23-10-12-26-43(42)51(45)37-20-8-3-9-21-37/h1-32,49H. The second-order valence-corrected chi connectivity index (χ2v) is 14.1. The number of aromatic nitrogens is 1. The van der Waals surface area contributed by atoms with Gasteiger partial charge in [0.25, 0.3) is 0 Å². The summed E-state index contributed by atoms with van der Waals surface area (Å²) in [6.45, 7) is 0. The zero-order chi connectivity index (χ0) is 34.4. The number of benzene rings is 8. The Labute approximate surface area is 306 Å². The first kappa shape index (κ1) is 30.2. The third kappa shape index (κ3) is 5.12. The first-order valence-corrected chi connectivity index (χ1v) is 18.4. The smallest absolute Gasteiger partial charge is 0.0562 e. The van der Waals surface area contributed by atoms with Crippen molar-refractivity contribution in [3.8, 4) is 16.8 Å². The molecule has 3 nitrogen and oxygen atoms in total. The van der Waals surface area contributed by atoms with E-state index in [-0.39, 0.29) is 0 Å². The molecule has 0 aliphatic heterocycles. The van der Waals surface area contributed by atoms with Crippen LogP contribution in [-0.4, -0.2) is 4.57 Å². The molecule has 10 rings (SSSR count). The number of nitrogens with zero attached hydrogens (tertiary/aromatic N) is 2. The molecular formula is C48H33N3S. The number of thiophene rings is 1. The average molecular weight is 684 g/mol. The van der Waals surface area contributed by atoms with E-state index in [4.69, 9.17) is 0 Å². The summed E-state index contributed by atoms with van der Waals surface area (Å²) in [5.74, 6) is 0. The predicted molar refractivity (Wildman–Crippen MR) is 224 cm³/mol. The molecule has 52 heavy (non-hydrogen) atoms. The quantitative estimate of drug-likeness (QED) is 0.180. The van der Waals surface area contributed by atoms with E-state index in [9.17, 15) is 0 Å². The van der Waals surface area contributed by atoms with Crippen LogP contribution >= 0.6 is 11.3 Å². The van der Waals surface area contributed by atoms with Gasteiger partial charge in [-0.3, -0.25) is 0 Å². The Bertz CT molecular complexity index is 2870. The highest BCUT2D eigenvalue weighted by Gasteiger charge is 2.22. The van der Waals surface area contributed by atoms with E-state index >= 15 is 0 Å². The van der Waals surface area contributed by atoms with E-state index in [1.165, 1.54) is 47.5 Å². The fourth-order valence-electron chi connectivity index (χ4n) is 7.68. The van der Waals surface area contributed by atoms with Gasteiger partial charge in [-0.1, -0.05) is 115 Å². The lowest BCUT2D eigenvalue weighted by Gasteiger charge is -2.28. The van der Waals surface area contributed by atoms with Gasteiger partial charge in [0.1, 0.15) is 0 Å². The van der Waals surface area contributed by atoms with Gasteiger partial charge in [0.2, 0.25) is 0 Å². The van der Waals surface area contributed by atoms with E-state index in [0.717, 1.165) is 39.7 Å². The predicted octanol–water partition coefficient (Wildman–Crippen LogP) is 14.0. The van der Waals surface area contributed by atoms with Crippen LogP contribution in [0.5, 0.6) is 0 Å². The van der Waals surface area contributed by atoms with Crippen LogP contribution in [0.2, 0.25) is 0 Å². The lowest BCUT2D eigenvalue weighted by atomic mass is 10.00. The van der Waals surface area contributed by atoms with Crippen molar-refractivity contribution in [2.45, 2.75) is 0 Å². The van der Waals surface area contributed by atoms with Gasteiger partial charge in [-0.2, -0.15) is 0 Å². The van der Waals surface area contributed by atoms with E-state index in [1.807, 2.05) is 11.3 Å². The normalized spacial score (nSPS) is 11.5. The van der Waals surface area contributed by atoms with E-state index in [1.54, 1.807) is 0 Å². The molecule has 0 aliphatic rings. The number of hydrogen-bond donors (Lipinski definition) is 1. The monoisotopic (exact) mass is 683 g/mol. The summed E-state index contributed by atoms with van der Waals surface area (Å²) in [6, 6.07) is 69.7. The van der Waals surface area contributed by atoms with Crippen LogP contribution in [0, 0.1) is 0 Å². The first-order chi connectivity index (χ1) is 25.8. The molecule has 246 valence electrons. The maximum atomic E-state index is 3.75. The molecule has 0 saturated heterocycles. The van der Waals surface area contributed by atoms with Crippen molar-refractivity contribution in [2.24, 2.45) is 0 Å². The minimum absolute atomic E-state index is 1.02. The number of nitrogens with one attached hydrogen (secondary N) is 1.